The summed E-state index contributed by atoms with van der Waals surface area (Å²) in [6, 6.07) is 6.79. The van der Waals surface area contributed by atoms with Crippen LogP contribution in [0.15, 0.2) is 24.3 Å². The normalized spacial score (nSPS) is 10.5. The molecule has 128 valence electrons. The molecule has 1 aromatic heterocycles. The van der Waals surface area contributed by atoms with E-state index in [0.29, 0.717) is 39.6 Å². The Hall–Kier alpha value is -1.85. The Morgan fingerprint density at radius 1 is 1.12 bits per heavy atom. The van der Waals surface area contributed by atoms with Crippen LogP contribution in [0.3, 0.4) is 0 Å². The molecular formula is C17H20Cl2N4O. The third kappa shape index (κ3) is 5.35. The highest BCUT2D eigenvalue weighted by Crippen LogP contribution is 2.26. The first-order valence-corrected chi connectivity index (χ1v) is 8.61. The number of unbranched alkanes of at least 4 members (excludes halogenated alkanes) is 2. The first-order chi connectivity index (χ1) is 11.5. The first-order valence-electron chi connectivity index (χ1n) is 7.85. The van der Waals surface area contributed by atoms with E-state index in [-0.39, 0.29) is 5.91 Å². The zero-order chi connectivity index (χ0) is 17.5. The molecular weight excluding hydrogens is 347 g/mol. The van der Waals surface area contributed by atoms with Crippen molar-refractivity contribution in [2.45, 2.75) is 33.1 Å². The minimum absolute atomic E-state index is 0.200. The molecule has 1 heterocycles. The minimum atomic E-state index is -0.200. The number of carbonyl (C=O) groups is 1. The Labute approximate surface area is 151 Å². The van der Waals surface area contributed by atoms with Gasteiger partial charge in [0.15, 0.2) is 0 Å². The Morgan fingerprint density at radius 2 is 1.92 bits per heavy atom. The van der Waals surface area contributed by atoms with Crippen LogP contribution in [0.25, 0.3) is 0 Å². The molecule has 1 amide bonds. The maximum atomic E-state index is 12.2. The number of nitrogens with one attached hydrogen (secondary N) is 2. The summed E-state index contributed by atoms with van der Waals surface area (Å²) in [6.45, 7) is 4.58. The largest absolute Gasteiger partial charge is 0.351 e. The summed E-state index contributed by atoms with van der Waals surface area (Å²) in [5.41, 5.74) is 1.73. The zero-order valence-corrected chi connectivity index (χ0v) is 15.2. The Kier molecular flexibility index (Phi) is 6.82. The number of anilines is 2. The molecule has 0 fully saturated rings. The van der Waals surface area contributed by atoms with Gasteiger partial charge in [0.25, 0.3) is 5.91 Å². The molecule has 2 N–H and O–H groups in total. The molecule has 0 saturated heterocycles. The van der Waals surface area contributed by atoms with Gasteiger partial charge in [0, 0.05) is 17.9 Å². The number of aryl methyl sites for hydroxylation is 1. The Balaban J connectivity index is 2.10. The van der Waals surface area contributed by atoms with Crippen molar-refractivity contribution in [1.82, 2.24) is 15.3 Å². The topological polar surface area (TPSA) is 66.9 Å². The third-order valence-electron chi connectivity index (χ3n) is 3.33. The Bertz CT molecular complexity index is 722. The van der Waals surface area contributed by atoms with Crippen molar-refractivity contribution in [3.05, 3.63) is 45.7 Å². The zero-order valence-electron chi connectivity index (χ0n) is 13.7. The van der Waals surface area contributed by atoms with Crippen molar-refractivity contribution in [3.8, 4) is 0 Å². The van der Waals surface area contributed by atoms with Crippen molar-refractivity contribution >= 4 is 40.7 Å². The van der Waals surface area contributed by atoms with E-state index in [1.807, 2.05) is 6.92 Å². The second-order valence-electron chi connectivity index (χ2n) is 5.44. The van der Waals surface area contributed by atoms with E-state index in [0.717, 1.165) is 19.3 Å². The van der Waals surface area contributed by atoms with Gasteiger partial charge in [-0.3, -0.25) is 4.79 Å². The van der Waals surface area contributed by atoms with Gasteiger partial charge in [-0.2, -0.15) is 0 Å². The first kappa shape index (κ1) is 18.5. The lowest BCUT2D eigenvalue weighted by atomic mass is 10.2. The minimum Gasteiger partial charge on any atom is -0.351 e. The van der Waals surface area contributed by atoms with E-state index in [9.17, 15) is 4.79 Å². The average molecular weight is 367 g/mol. The number of benzene rings is 1. The Morgan fingerprint density at radius 3 is 2.62 bits per heavy atom. The van der Waals surface area contributed by atoms with Crippen LogP contribution < -0.4 is 10.6 Å². The van der Waals surface area contributed by atoms with E-state index in [2.05, 4.69) is 27.5 Å². The number of halogens is 2. The third-order valence-corrected chi connectivity index (χ3v) is 4.07. The summed E-state index contributed by atoms with van der Waals surface area (Å²) >= 11 is 11.9. The van der Waals surface area contributed by atoms with E-state index in [1.165, 1.54) is 0 Å². The van der Waals surface area contributed by atoms with Crippen LogP contribution in [0.4, 0.5) is 11.6 Å². The van der Waals surface area contributed by atoms with Gasteiger partial charge in [0.2, 0.25) is 5.95 Å². The summed E-state index contributed by atoms with van der Waals surface area (Å²) in [6.07, 6.45) is 3.16. The lowest BCUT2D eigenvalue weighted by Gasteiger charge is -2.09. The SMILES string of the molecule is CCCCCNC(=O)c1cc(C)nc(Nc2ccc(Cl)c(Cl)c2)n1. The molecule has 0 unspecified atom stereocenters. The second kappa shape index (κ2) is 8.85. The molecule has 0 atom stereocenters. The molecule has 24 heavy (non-hydrogen) atoms. The van der Waals surface area contributed by atoms with Crippen LogP contribution in [-0.2, 0) is 0 Å². The lowest BCUT2D eigenvalue weighted by molar-refractivity contribution is 0.0948. The molecule has 0 bridgehead atoms. The van der Waals surface area contributed by atoms with Gasteiger partial charge in [-0.05, 0) is 37.6 Å². The number of carbonyl (C=O) groups excluding carboxylic acids is 1. The van der Waals surface area contributed by atoms with Gasteiger partial charge in [-0.1, -0.05) is 43.0 Å². The summed E-state index contributed by atoms with van der Waals surface area (Å²) < 4.78 is 0. The summed E-state index contributed by atoms with van der Waals surface area (Å²) in [4.78, 5) is 20.8. The maximum absolute atomic E-state index is 12.2. The van der Waals surface area contributed by atoms with Gasteiger partial charge < -0.3 is 10.6 Å². The number of nitrogens with zero attached hydrogens (tertiary/aromatic N) is 2. The van der Waals surface area contributed by atoms with Gasteiger partial charge >= 0.3 is 0 Å². The van der Waals surface area contributed by atoms with Gasteiger partial charge in [0.05, 0.1) is 10.0 Å². The molecule has 2 aromatic rings. The lowest BCUT2D eigenvalue weighted by Crippen LogP contribution is -2.25. The van der Waals surface area contributed by atoms with Crippen molar-refractivity contribution in [2.24, 2.45) is 0 Å². The van der Waals surface area contributed by atoms with Crippen molar-refractivity contribution < 1.29 is 4.79 Å². The molecule has 0 aliphatic rings. The quantitative estimate of drug-likeness (QED) is 0.693. The molecule has 0 aliphatic carbocycles. The fourth-order valence-electron chi connectivity index (χ4n) is 2.11. The van der Waals surface area contributed by atoms with Gasteiger partial charge in [0.1, 0.15) is 5.69 Å². The van der Waals surface area contributed by atoms with Gasteiger partial charge in [-0.15, -0.1) is 0 Å². The highest BCUT2D eigenvalue weighted by Gasteiger charge is 2.10. The second-order valence-corrected chi connectivity index (χ2v) is 6.25. The number of aromatic nitrogens is 2. The average Bonchev–Trinajstić information content (AvgIpc) is 2.54. The standard InChI is InChI=1S/C17H20Cl2N4O/c1-3-4-5-8-20-16(24)15-9-11(2)21-17(23-15)22-12-6-7-13(18)14(19)10-12/h6-7,9-10H,3-5,8H2,1-2H3,(H,20,24)(H,21,22,23). The fraction of sp³-hybridized carbons (Fsp3) is 0.353. The predicted octanol–water partition coefficient (Wildman–Crippen LogP) is 4.76. The van der Waals surface area contributed by atoms with Crippen LogP contribution in [0.2, 0.25) is 10.0 Å². The van der Waals surface area contributed by atoms with Crippen molar-refractivity contribution in [2.75, 3.05) is 11.9 Å². The van der Waals surface area contributed by atoms with Crippen molar-refractivity contribution in [3.63, 3.8) is 0 Å². The van der Waals surface area contributed by atoms with Crippen LogP contribution >= 0.6 is 23.2 Å². The van der Waals surface area contributed by atoms with E-state index in [1.54, 1.807) is 24.3 Å². The molecule has 0 aliphatic heterocycles. The summed E-state index contributed by atoms with van der Waals surface area (Å²) in [5, 5.41) is 6.82. The van der Waals surface area contributed by atoms with E-state index >= 15 is 0 Å². The molecule has 1 aromatic carbocycles. The van der Waals surface area contributed by atoms with E-state index < -0.39 is 0 Å². The molecule has 0 radical (unpaired) electrons. The van der Waals surface area contributed by atoms with Crippen LogP contribution in [0, 0.1) is 6.92 Å². The van der Waals surface area contributed by atoms with Gasteiger partial charge in [-0.25, -0.2) is 9.97 Å². The maximum Gasteiger partial charge on any atom is 0.270 e. The number of hydrogen-bond acceptors (Lipinski definition) is 4. The van der Waals surface area contributed by atoms with E-state index in [4.69, 9.17) is 23.2 Å². The van der Waals surface area contributed by atoms with Crippen molar-refractivity contribution in [1.29, 1.82) is 0 Å². The number of rotatable bonds is 7. The highest BCUT2D eigenvalue weighted by atomic mass is 35.5. The smallest absolute Gasteiger partial charge is 0.270 e. The summed E-state index contributed by atoms with van der Waals surface area (Å²) in [5.74, 6) is 0.140. The molecule has 0 spiro atoms. The monoisotopic (exact) mass is 366 g/mol. The highest BCUT2D eigenvalue weighted by molar-refractivity contribution is 6.42. The molecule has 5 nitrogen and oxygen atoms in total. The summed E-state index contributed by atoms with van der Waals surface area (Å²) in [7, 11) is 0. The van der Waals surface area contributed by atoms with Crippen LogP contribution in [0.1, 0.15) is 42.4 Å². The predicted molar refractivity (Wildman–Crippen MR) is 98.4 cm³/mol. The van der Waals surface area contributed by atoms with Crippen LogP contribution in [0.5, 0.6) is 0 Å². The number of hydrogen-bond donors (Lipinski definition) is 2. The molecule has 0 saturated carbocycles. The molecule has 2 rings (SSSR count). The fourth-order valence-corrected chi connectivity index (χ4v) is 2.41. The molecule has 7 heteroatoms. The number of amides is 1. The van der Waals surface area contributed by atoms with Crippen LogP contribution in [-0.4, -0.2) is 22.4 Å².